The summed E-state index contributed by atoms with van der Waals surface area (Å²) in [6.45, 7) is 4.99. The second-order valence-electron chi connectivity index (χ2n) is 4.64. The Labute approximate surface area is 112 Å². The van der Waals surface area contributed by atoms with Crippen LogP contribution < -0.4 is 0 Å². The van der Waals surface area contributed by atoms with Gasteiger partial charge in [0.25, 0.3) is 0 Å². The van der Waals surface area contributed by atoms with Crippen molar-refractivity contribution < 1.29 is 15.0 Å². The number of piperazine rings is 1. The normalized spacial score (nSPS) is 17.5. The molecule has 0 amide bonds. The van der Waals surface area contributed by atoms with E-state index in [-0.39, 0.29) is 12.2 Å². The summed E-state index contributed by atoms with van der Waals surface area (Å²) in [5.41, 5.74) is 0.894. The molecule has 0 atom stereocenters. The summed E-state index contributed by atoms with van der Waals surface area (Å²) < 4.78 is 0. The van der Waals surface area contributed by atoms with Crippen LogP contribution in [0.5, 0.6) is 0 Å². The fourth-order valence-corrected chi connectivity index (χ4v) is 2.28. The molecular formula is C13H19N3O3. The fraction of sp³-hybridized carbons (Fsp3) is 0.538. The van der Waals surface area contributed by atoms with Crippen molar-refractivity contribution in [1.82, 2.24) is 14.8 Å². The molecule has 1 fully saturated rings. The lowest BCUT2D eigenvalue weighted by Crippen LogP contribution is -2.46. The van der Waals surface area contributed by atoms with E-state index in [1.165, 1.54) is 0 Å². The molecule has 0 saturated carbocycles. The minimum Gasteiger partial charge on any atom is -0.478 e. The fourth-order valence-electron chi connectivity index (χ4n) is 2.28. The van der Waals surface area contributed by atoms with Crippen LogP contribution in [-0.2, 0) is 6.54 Å². The van der Waals surface area contributed by atoms with Crippen LogP contribution in [0.4, 0.5) is 0 Å². The minimum atomic E-state index is -0.929. The number of β-amino-alcohol motifs (C(OH)–C–C–N with tert-alkyl or cyclic N) is 1. The minimum absolute atomic E-state index is 0.184. The average Bonchev–Trinajstić information content (AvgIpc) is 2.42. The molecule has 1 aromatic heterocycles. The lowest BCUT2D eigenvalue weighted by atomic mass is 10.1. The summed E-state index contributed by atoms with van der Waals surface area (Å²) in [5, 5.41) is 18.0. The van der Waals surface area contributed by atoms with Crippen LogP contribution in [0, 0.1) is 0 Å². The Hall–Kier alpha value is -1.50. The van der Waals surface area contributed by atoms with E-state index in [1.807, 2.05) is 0 Å². The third-order valence-electron chi connectivity index (χ3n) is 3.38. The zero-order valence-electron chi connectivity index (χ0n) is 10.8. The van der Waals surface area contributed by atoms with E-state index in [4.69, 9.17) is 10.2 Å². The maximum absolute atomic E-state index is 11.1. The van der Waals surface area contributed by atoms with Gasteiger partial charge in [0.15, 0.2) is 0 Å². The van der Waals surface area contributed by atoms with Gasteiger partial charge < -0.3 is 10.2 Å². The van der Waals surface area contributed by atoms with Crippen molar-refractivity contribution in [2.45, 2.75) is 6.54 Å². The van der Waals surface area contributed by atoms with Crippen LogP contribution in [0.15, 0.2) is 18.3 Å². The molecule has 2 rings (SSSR count). The first-order chi connectivity index (χ1) is 9.20. The van der Waals surface area contributed by atoms with Gasteiger partial charge >= 0.3 is 5.97 Å². The summed E-state index contributed by atoms with van der Waals surface area (Å²) >= 11 is 0. The van der Waals surface area contributed by atoms with Crippen LogP contribution in [0.25, 0.3) is 0 Å². The predicted molar refractivity (Wildman–Crippen MR) is 70.0 cm³/mol. The number of carboxylic acid groups (broad SMARTS) is 1. The number of aromatic carboxylic acids is 1. The molecular weight excluding hydrogens is 246 g/mol. The summed E-state index contributed by atoms with van der Waals surface area (Å²) in [6.07, 6.45) is 1.63. The monoisotopic (exact) mass is 265 g/mol. The highest BCUT2D eigenvalue weighted by Crippen LogP contribution is 2.11. The third-order valence-corrected chi connectivity index (χ3v) is 3.38. The zero-order valence-corrected chi connectivity index (χ0v) is 10.8. The lowest BCUT2D eigenvalue weighted by molar-refractivity contribution is 0.0690. The Balaban J connectivity index is 1.94. The van der Waals surface area contributed by atoms with Crippen molar-refractivity contribution in [2.24, 2.45) is 0 Å². The molecule has 1 saturated heterocycles. The molecule has 0 bridgehead atoms. The summed E-state index contributed by atoms with van der Waals surface area (Å²) in [6, 6.07) is 3.23. The molecule has 0 aliphatic carbocycles. The maximum Gasteiger partial charge on any atom is 0.337 e. The largest absolute Gasteiger partial charge is 0.478 e. The van der Waals surface area contributed by atoms with Crippen molar-refractivity contribution in [3.8, 4) is 0 Å². The van der Waals surface area contributed by atoms with Gasteiger partial charge in [-0.05, 0) is 12.1 Å². The Morgan fingerprint density at radius 3 is 2.58 bits per heavy atom. The third kappa shape index (κ3) is 3.73. The van der Waals surface area contributed by atoms with Gasteiger partial charge in [-0.15, -0.1) is 0 Å². The molecule has 1 aromatic rings. The van der Waals surface area contributed by atoms with Crippen molar-refractivity contribution in [1.29, 1.82) is 0 Å². The molecule has 2 N–H and O–H groups in total. The van der Waals surface area contributed by atoms with Gasteiger partial charge in [-0.3, -0.25) is 14.8 Å². The van der Waals surface area contributed by atoms with E-state index in [0.29, 0.717) is 18.8 Å². The number of aliphatic hydroxyl groups excluding tert-OH is 1. The number of rotatable bonds is 5. The highest BCUT2D eigenvalue weighted by Gasteiger charge is 2.19. The van der Waals surface area contributed by atoms with Gasteiger partial charge in [0.05, 0.1) is 17.9 Å². The van der Waals surface area contributed by atoms with Gasteiger partial charge in [-0.1, -0.05) is 0 Å². The van der Waals surface area contributed by atoms with E-state index in [9.17, 15) is 4.79 Å². The maximum atomic E-state index is 11.1. The van der Waals surface area contributed by atoms with Crippen molar-refractivity contribution in [3.05, 3.63) is 29.6 Å². The van der Waals surface area contributed by atoms with E-state index in [2.05, 4.69) is 14.8 Å². The smallest absolute Gasteiger partial charge is 0.337 e. The first-order valence-corrected chi connectivity index (χ1v) is 6.43. The Morgan fingerprint density at radius 1 is 1.26 bits per heavy atom. The number of nitrogens with zero attached hydrogens (tertiary/aromatic N) is 3. The van der Waals surface area contributed by atoms with Crippen LogP contribution in [0.3, 0.4) is 0 Å². The molecule has 2 heterocycles. The Morgan fingerprint density at radius 2 is 1.95 bits per heavy atom. The Kier molecular flexibility index (Phi) is 4.84. The molecule has 6 nitrogen and oxygen atoms in total. The standard InChI is InChI=1S/C13H19N3O3/c17-9-8-15-4-6-16(7-5-15)10-12-11(13(18)19)2-1-3-14-12/h1-3,17H,4-10H2,(H,18,19). The first kappa shape index (κ1) is 13.9. The van der Waals surface area contributed by atoms with Gasteiger partial charge in [-0.2, -0.15) is 0 Å². The number of pyridine rings is 1. The molecule has 1 aliphatic heterocycles. The average molecular weight is 265 g/mol. The summed E-state index contributed by atoms with van der Waals surface area (Å²) in [5.74, 6) is -0.929. The van der Waals surface area contributed by atoms with Crippen molar-refractivity contribution >= 4 is 5.97 Å². The van der Waals surface area contributed by atoms with Crippen LogP contribution in [0.2, 0.25) is 0 Å². The second kappa shape index (κ2) is 6.60. The van der Waals surface area contributed by atoms with E-state index in [1.54, 1.807) is 18.3 Å². The second-order valence-corrected chi connectivity index (χ2v) is 4.64. The molecule has 6 heteroatoms. The number of aliphatic hydroxyl groups is 1. The molecule has 104 valence electrons. The molecule has 0 spiro atoms. The van der Waals surface area contributed by atoms with E-state index < -0.39 is 5.97 Å². The van der Waals surface area contributed by atoms with Gasteiger partial charge in [0.1, 0.15) is 0 Å². The first-order valence-electron chi connectivity index (χ1n) is 6.43. The lowest BCUT2D eigenvalue weighted by Gasteiger charge is -2.34. The summed E-state index contributed by atoms with van der Waals surface area (Å²) in [7, 11) is 0. The SMILES string of the molecule is O=C(O)c1cccnc1CN1CCN(CCO)CC1. The Bertz CT molecular complexity index is 431. The van der Waals surface area contributed by atoms with Gasteiger partial charge in [0.2, 0.25) is 0 Å². The molecule has 1 aliphatic rings. The van der Waals surface area contributed by atoms with Crippen molar-refractivity contribution in [3.63, 3.8) is 0 Å². The number of hydrogen-bond acceptors (Lipinski definition) is 5. The molecule has 19 heavy (non-hydrogen) atoms. The van der Waals surface area contributed by atoms with Crippen LogP contribution >= 0.6 is 0 Å². The molecule has 0 unspecified atom stereocenters. The highest BCUT2D eigenvalue weighted by atomic mass is 16.4. The van der Waals surface area contributed by atoms with Gasteiger partial charge in [0, 0.05) is 45.5 Å². The predicted octanol–water partition coefficient (Wildman–Crippen LogP) is -0.110. The number of aromatic nitrogens is 1. The zero-order chi connectivity index (χ0) is 13.7. The van der Waals surface area contributed by atoms with Crippen LogP contribution in [-0.4, -0.2) is 70.3 Å². The molecule has 0 radical (unpaired) electrons. The summed E-state index contributed by atoms with van der Waals surface area (Å²) in [4.78, 5) is 19.7. The number of hydrogen-bond donors (Lipinski definition) is 2. The van der Waals surface area contributed by atoms with E-state index >= 15 is 0 Å². The topological polar surface area (TPSA) is 76.9 Å². The quantitative estimate of drug-likeness (QED) is 0.773. The van der Waals surface area contributed by atoms with Gasteiger partial charge in [-0.25, -0.2) is 4.79 Å². The highest BCUT2D eigenvalue weighted by molar-refractivity contribution is 5.88. The van der Waals surface area contributed by atoms with Crippen molar-refractivity contribution in [2.75, 3.05) is 39.3 Å². The number of carboxylic acids is 1. The number of carbonyl (C=O) groups is 1. The van der Waals surface area contributed by atoms with E-state index in [0.717, 1.165) is 26.2 Å². The van der Waals surface area contributed by atoms with Crippen LogP contribution in [0.1, 0.15) is 16.1 Å². The molecule has 0 aromatic carbocycles.